The molecule has 0 bridgehead atoms. The van der Waals surface area contributed by atoms with Crippen LogP contribution in [0, 0.1) is 5.92 Å². The Hall–Kier alpha value is -0.150. The molecule has 0 amide bonds. The summed E-state index contributed by atoms with van der Waals surface area (Å²) >= 11 is 0. The van der Waals surface area contributed by atoms with E-state index in [0.29, 0.717) is 0 Å². The van der Waals surface area contributed by atoms with E-state index >= 15 is 0 Å². The summed E-state index contributed by atoms with van der Waals surface area (Å²) in [6, 6.07) is 0. The molecule has 7 nitrogen and oxygen atoms in total. The molecule has 0 aromatic heterocycles. The van der Waals surface area contributed by atoms with E-state index < -0.39 is 33.2 Å². The van der Waals surface area contributed by atoms with Crippen LogP contribution < -0.4 is 0 Å². The molecular weight excluding hydrogens is 287 g/mol. The predicted octanol–water partition coefficient (Wildman–Crippen LogP) is -0.253. The van der Waals surface area contributed by atoms with E-state index in [1.807, 2.05) is 0 Å². The van der Waals surface area contributed by atoms with Gasteiger partial charge in [-0.1, -0.05) is 13.8 Å². The molecule has 19 heavy (non-hydrogen) atoms. The molecule has 0 saturated heterocycles. The van der Waals surface area contributed by atoms with Gasteiger partial charge in [-0.15, -0.1) is 0 Å². The Morgan fingerprint density at radius 1 is 1.32 bits per heavy atom. The zero-order chi connectivity index (χ0) is 14.6. The second-order valence-electron chi connectivity index (χ2n) is 4.45. The van der Waals surface area contributed by atoms with E-state index in [9.17, 15) is 18.0 Å². The van der Waals surface area contributed by atoms with Crippen molar-refractivity contribution in [1.82, 2.24) is 0 Å². The third-order valence-electron chi connectivity index (χ3n) is 2.25. The van der Waals surface area contributed by atoms with Crippen molar-refractivity contribution in [3.8, 4) is 0 Å². The number of carbonyl (C=O) groups excluding carboxylic acids is 2. The fourth-order valence-electron chi connectivity index (χ4n) is 1.07. The SMILES string of the molecule is COC(=O)C(C)(CC(=O)OCC(C)C)S(=O)(=O)O.[NaH]. The number of rotatable bonds is 6. The number of hydrogen-bond donors (Lipinski definition) is 1. The van der Waals surface area contributed by atoms with Gasteiger partial charge in [0.1, 0.15) is 0 Å². The number of esters is 2. The molecule has 0 saturated carbocycles. The maximum absolute atomic E-state index is 11.4. The minimum absolute atomic E-state index is 0. The number of carbonyl (C=O) groups is 2. The van der Waals surface area contributed by atoms with Crippen molar-refractivity contribution in [3.05, 3.63) is 0 Å². The number of ether oxygens (including phenoxy) is 2. The Balaban J connectivity index is 0. The van der Waals surface area contributed by atoms with Crippen molar-refractivity contribution in [2.24, 2.45) is 5.92 Å². The second kappa shape index (κ2) is 8.21. The van der Waals surface area contributed by atoms with E-state index in [0.717, 1.165) is 14.0 Å². The van der Waals surface area contributed by atoms with Crippen molar-refractivity contribution >= 4 is 51.6 Å². The Labute approximate surface area is 135 Å². The van der Waals surface area contributed by atoms with Crippen LogP contribution in [0.1, 0.15) is 27.2 Å². The Morgan fingerprint density at radius 2 is 1.79 bits per heavy atom. The van der Waals surface area contributed by atoms with Gasteiger partial charge in [0.15, 0.2) is 0 Å². The van der Waals surface area contributed by atoms with E-state index in [2.05, 4.69) is 4.74 Å². The molecule has 0 aliphatic rings. The summed E-state index contributed by atoms with van der Waals surface area (Å²) in [7, 11) is -3.82. The first kappa shape index (κ1) is 21.2. The molecule has 0 aromatic rings. The zero-order valence-electron chi connectivity index (χ0n) is 10.8. The third kappa shape index (κ3) is 6.22. The first-order valence-corrected chi connectivity index (χ1v) is 6.69. The molecule has 0 rings (SSSR count). The molecule has 9 heteroatoms. The second-order valence-corrected chi connectivity index (χ2v) is 6.30. The molecule has 108 valence electrons. The van der Waals surface area contributed by atoms with E-state index in [1.54, 1.807) is 13.8 Å². The average molecular weight is 306 g/mol. The summed E-state index contributed by atoms with van der Waals surface area (Å²) < 4.78 is 38.1. The average Bonchev–Trinajstić information content (AvgIpc) is 2.23. The van der Waals surface area contributed by atoms with Crippen molar-refractivity contribution in [2.45, 2.75) is 31.9 Å². The summed E-state index contributed by atoms with van der Waals surface area (Å²) in [6.07, 6.45) is -0.800. The summed E-state index contributed by atoms with van der Waals surface area (Å²) in [4.78, 5) is 22.8. The van der Waals surface area contributed by atoms with Gasteiger partial charge in [-0.3, -0.25) is 14.1 Å². The molecule has 0 spiro atoms. The van der Waals surface area contributed by atoms with Crippen LogP contribution >= 0.6 is 0 Å². The monoisotopic (exact) mass is 306 g/mol. The molecule has 0 heterocycles. The Kier molecular flexibility index (Phi) is 9.14. The predicted molar refractivity (Wildman–Crippen MR) is 69.5 cm³/mol. The van der Waals surface area contributed by atoms with E-state index in [4.69, 9.17) is 9.29 Å². The standard InChI is InChI=1S/C10H18O7S.Na.H/c1-7(2)6-17-8(11)5-10(3,9(12)16-4)18(13,14)15;;/h7H,5-6H2,1-4H3,(H,13,14,15);;. The molecule has 1 unspecified atom stereocenters. The third-order valence-corrected chi connectivity index (χ3v) is 3.70. The van der Waals surface area contributed by atoms with Crippen LogP contribution in [0.15, 0.2) is 0 Å². The van der Waals surface area contributed by atoms with Crippen LogP contribution in [-0.4, -0.2) is 72.9 Å². The van der Waals surface area contributed by atoms with Crippen LogP contribution in [0.3, 0.4) is 0 Å². The van der Waals surface area contributed by atoms with Crippen molar-refractivity contribution in [1.29, 1.82) is 0 Å². The van der Waals surface area contributed by atoms with Crippen LogP contribution in [0.5, 0.6) is 0 Å². The van der Waals surface area contributed by atoms with Gasteiger partial charge < -0.3 is 9.47 Å². The van der Waals surface area contributed by atoms with Crippen LogP contribution in [0.4, 0.5) is 0 Å². The fourth-order valence-corrected chi connectivity index (χ4v) is 1.66. The molecule has 0 aromatic carbocycles. The summed E-state index contributed by atoms with van der Waals surface area (Å²) in [5.41, 5.74) is 0. The first-order chi connectivity index (χ1) is 8.04. The van der Waals surface area contributed by atoms with Gasteiger partial charge in [0.2, 0.25) is 4.75 Å². The van der Waals surface area contributed by atoms with Gasteiger partial charge in [0.05, 0.1) is 20.1 Å². The molecular formula is C10H19NaO7S. The van der Waals surface area contributed by atoms with Gasteiger partial charge in [-0.05, 0) is 12.8 Å². The molecule has 0 fully saturated rings. The summed E-state index contributed by atoms with van der Waals surface area (Å²) in [6.45, 7) is 4.61. The van der Waals surface area contributed by atoms with Gasteiger partial charge in [0, 0.05) is 0 Å². The van der Waals surface area contributed by atoms with Gasteiger partial charge in [0.25, 0.3) is 10.1 Å². The normalized spacial score (nSPS) is 14.2. The molecule has 1 atom stereocenters. The topological polar surface area (TPSA) is 107 Å². The van der Waals surface area contributed by atoms with Crippen LogP contribution in [-0.2, 0) is 29.2 Å². The van der Waals surface area contributed by atoms with E-state index in [1.165, 1.54) is 0 Å². The van der Waals surface area contributed by atoms with Crippen LogP contribution in [0.25, 0.3) is 0 Å². The fraction of sp³-hybridized carbons (Fsp3) is 0.800. The van der Waals surface area contributed by atoms with E-state index in [-0.39, 0.29) is 42.1 Å². The van der Waals surface area contributed by atoms with Crippen molar-refractivity contribution in [2.75, 3.05) is 13.7 Å². The van der Waals surface area contributed by atoms with Crippen molar-refractivity contribution < 1.29 is 32.0 Å². The molecule has 0 radical (unpaired) electrons. The molecule has 0 aliphatic carbocycles. The van der Waals surface area contributed by atoms with Crippen molar-refractivity contribution in [3.63, 3.8) is 0 Å². The summed E-state index contributed by atoms with van der Waals surface area (Å²) in [5.74, 6) is -2.04. The Bertz CT molecular complexity index is 418. The number of methoxy groups -OCH3 is 1. The minimum atomic E-state index is -4.78. The quantitative estimate of drug-likeness (QED) is 0.409. The zero-order valence-corrected chi connectivity index (χ0v) is 11.6. The summed E-state index contributed by atoms with van der Waals surface area (Å²) in [5, 5.41) is 0. The molecule has 1 N–H and O–H groups in total. The molecule has 0 aliphatic heterocycles. The Morgan fingerprint density at radius 3 is 2.11 bits per heavy atom. The first-order valence-electron chi connectivity index (χ1n) is 5.25. The van der Waals surface area contributed by atoms with Gasteiger partial charge in [-0.25, -0.2) is 0 Å². The van der Waals surface area contributed by atoms with Crippen LogP contribution in [0.2, 0.25) is 0 Å². The van der Waals surface area contributed by atoms with Gasteiger partial charge >= 0.3 is 41.5 Å². The number of hydrogen-bond acceptors (Lipinski definition) is 6. The van der Waals surface area contributed by atoms with Gasteiger partial charge in [-0.2, -0.15) is 8.42 Å². The maximum atomic E-state index is 11.4.